The van der Waals surface area contributed by atoms with Crippen molar-refractivity contribution >= 4 is 20.8 Å². The maximum atomic E-state index is 13.3. The van der Waals surface area contributed by atoms with Crippen molar-refractivity contribution in [3.05, 3.63) is 65.7 Å². The molecule has 1 atom stereocenters. The Bertz CT molecular complexity index is 1080. The molecule has 8 nitrogen and oxygen atoms in total. The van der Waals surface area contributed by atoms with Crippen LogP contribution in [0.5, 0.6) is 5.75 Å². The van der Waals surface area contributed by atoms with Gasteiger partial charge in [-0.15, -0.1) is 4.79 Å². The zero-order chi connectivity index (χ0) is 21.2. The van der Waals surface area contributed by atoms with Gasteiger partial charge in [-0.2, -0.15) is 0 Å². The van der Waals surface area contributed by atoms with Crippen LogP contribution in [0.2, 0.25) is 0 Å². The summed E-state index contributed by atoms with van der Waals surface area (Å²) in [6.07, 6.45) is 0. The van der Waals surface area contributed by atoms with Gasteiger partial charge in [-0.25, -0.2) is 8.42 Å². The van der Waals surface area contributed by atoms with Crippen LogP contribution >= 0.6 is 0 Å². The predicted octanol–water partition coefficient (Wildman–Crippen LogP) is 2.43. The number of carbonyl (C=O) groups excluding carboxylic acids is 1. The van der Waals surface area contributed by atoms with E-state index >= 15 is 0 Å². The number of rotatable bonds is 3. The summed E-state index contributed by atoms with van der Waals surface area (Å²) in [5.74, 6) is -0.362. The van der Waals surface area contributed by atoms with Gasteiger partial charge in [-0.05, 0) is 43.7 Å². The lowest BCUT2D eigenvalue weighted by atomic mass is 10.0. The average molecular weight is 415 g/mol. The van der Waals surface area contributed by atoms with E-state index < -0.39 is 32.6 Å². The highest BCUT2D eigenvalue weighted by atomic mass is 32.2. The molecule has 0 aliphatic carbocycles. The third-order valence-corrected chi connectivity index (χ3v) is 6.42. The third-order valence-electron chi connectivity index (χ3n) is 4.77. The summed E-state index contributed by atoms with van der Waals surface area (Å²) in [7, 11) is -2.80. The van der Waals surface area contributed by atoms with Crippen molar-refractivity contribution in [1.82, 2.24) is 4.90 Å². The molecule has 152 valence electrons. The molecular formula is C20H21N3O5S. The first-order valence-corrected chi connectivity index (χ1v) is 10.3. The highest BCUT2D eigenvalue weighted by molar-refractivity contribution is 8.08. The molecule has 0 bridgehead atoms. The third kappa shape index (κ3) is 3.80. The fraction of sp³-hybridized carbons (Fsp3) is 0.300. The molecule has 3 rings (SSSR count). The van der Waals surface area contributed by atoms with Gasteiger partial charge >= 0.3 is 11.0 Å². The monoisotopic (exact) mass is 415 g/mol. The van der Waals surface area contributed by atoms with E-state index in [2.05, 4.69) is 4.79 Å². The second-order valence-electron chi connectivity index (χ2n) is 6.95. The van der Waals surface area contributed by atoms with E-state index in [0.29, 0.717) is 11.3 Å². The fourth-order valence-corrected chi connectivity index (χ4v) is 4.48. The Kier molecular flexibility index (Phi) is 5.57. The van der Waals surface area contributed by atoms with E-state index in [1.165, 1.54) is 36.3 Å². The van der Waals surface area contributed by atoms with Crippen LogP contribution in [0.15, 0.2) is 59.5 Å². The lowest BCUT2D eigenvalue weighted by Crippen LogP contribution is -2.49. The smallest absolute Gasteiger partial charge is 0.473 e. The molecule has 1 aliphatic rings. The summed E-state index contributed by atoms with van der Waals surface area (Å²) in [5.41, 5.74) is 9.05. The Balaban J connectivity index is 2.05. The van der Waals surface area contributed by atoms with Crippen molar-refractivity contribution in [2.24, 2.45) is 0 Å². The lowest BCUT2D eigenvalue weighted by Gasteiger charge is -2.32. The van der Waals surface area contributed by atoms with Crippen LogP contribution < -0.4 is 4.74 Å². The minimum absolute atomic E-state index is 0.142. The summed E-state index contributed by atoms with van der Waals surface area (Å²) < 4.78 is 36.8. The zero-order valence-electron chi connectivity index (χ0n) is 16.3. The normalized spacial score (nSPS) is 18.2. The summed E-state index contributed by atoms with van der Waals surface area (Å²) in [5, 5.41) is -0.963. The van der Waals surface area contributed by atoms with Crippen LogP contribution in [0.25, 0.3) is 5.53 Å². The minimum Gasteiger partial charge on any atom is -0.497 e. The maximum Gasteiger partial charge on any atom is 0.473 e. The highest BCUT2D eigenvalue weighted by Crippen LogP contribution is 2.38. The molecular weight excluding hydrogens is 394 g/mol. The van der Waals surface area contributed by atoms with Gasteiger partial charge in [-0.3, -0.25) is 9.69 Å². The molecule has 2 aromatic carbocycles. The lowest BCUT2D eigenvalue weighted by molar-refractivity contribution is -0.142. The first-order chi connectivity index (χ1) is 13.7. The Morgan fingerprint density at radius 2 is 1.90 bits per heavy atom. The molecule has 1 fully saturated rings. The Hall–Kier alpha value is -3.00. The number of amides is 1. The molecule has 29 heavy (non-hydrogen) atoms. The molecule has 0 N–H and O–H groups in total. The Labute approximate surface area is 169 Å². The first kappa shape index (κ1) is 20.7. The molecule has 0 aromatic heterocycles. The number of sulfone groups is 1. The van der Waals surface area contributed by atoms with Gasteiger partial charge in [0.15, 0.2) is 0 Å². The van der Waals surface area contributed by atoms with Crippen molar-refractivity contribution in [2.45, 2.75) is 30.5 Å². The van der Waals surface area contributed by atoms with Crippen LogP contribution in [-0.4, -0.2) is 48.5 Å². The first-order valence-electron chi connectivity index (χ1n) is 8.86. The van der Waals surface area contributed by atoms with Crippen molar-refractivity contribution in [3.8, 4) is 5.75 Å². The summed E-state index contributed by atoms with van der Waals surface area (Å²) >= 11 is 0. The number of nitrogens with zero attached hydrogens (tertiary/aromatic N) is 3. The number of hydrogen-bond acceptors (Lipinski definition) is 5. The molecule has 0 spiro atoms. The van der Waals surface area contributed by atoms with Crippen LogP contribution in [0.3, 0.4) is 0 Å². The van der Waals surface area contributed by atoms with E-state index in [0.717, 1.165) is 0 Å². The van der Waals surface area contributed by atoms with Crippen molar-refractivity contribution in [3.63, 3.8) is 0 Å². The Morgan fingerprint density at radius 1 is 1.21 bits per heavy atom. The van der Waals surface area contributed by atoms with E-state index in [4.69, 9.17) is 9.47 Å². The van der Waals surface area contributed by atoms with Crippen molar-refractivity contribution in [1.29, 1.82) is 0 Å². The van der Waals surface area contributed by atoms with Gasteiger partial charge in [0.05, 0.1) is 24.7 Å². The van der Waals surface area contributed by atoms with Gasteiger partial charge in [0.2, 0.25) is 0 Å². The standard InChI is InChI=1S/C20H21N3O5S/c1-20(2)23(17(13-28-20)14-8-7-9-15(12-14)27-3)19(24)18(22-21)29(25,26)16-10-5-4-6-11-16/h4-12,17H,13H2,1-3H3. The number of benzene rings is 2. The largest absolute Gasteiger partial charge is 0.497 e. The van der Waals surface area contributed by atoms with Gasteiger partial charge < -0.3 is 15.0 Å². The van der Waals surface area contributed by atoms with Gasteiger partial charge in [0, 0.05) is 0 Å². The van der Waals surface area contributed by atoms with E-state index in [1.807, 2.05) is 0 Å². The van der Waals surface area contributed by atoms with Crippen molar-refractivity contribution < 1.29 is 27.5 Å². The van der Waals surface area contributed by atoms with E-state index in [9.17, 15) is 18.7 Å². The molecule has 1 aliphatic heterocycles. The van der Waals surface area contributed by atoms with Crippen molar-refractivity contribution in [2.75, 3.05) is 13.7 Å². The van der Waals surface area contributed by atoms with Gasteiger partial charge in [0.25, 0.3) is 9.84 Å². The van der Waals surface area contributed by atoms with Crippen LogP contribution in [0.1, 0.15) is 25.5 Å². The van der Waals surface area contributed by atoms with Gasteiger partial charge in [-0.1, -0.05) is 30.3 Å². The fourth-order valence-electron chi connectivity index (χ4n) is 3.31. The Morgan fingerprint density at radius 3 is 2.52 bits per heavy atom. The number of carbonyl (C=O) groups is 1. The number of methoxy groups -OCH3 is 1. The van der Waals surface area contributed by atoms with Crippen LogP contribution in [0.4, 0.5) is 0 Å². The van der Waals surface area contributed by atoms with Gasteiger partial charge in [0.1, 0.15) is 11.5 Å². The molecule has 2 aromatic rings. The summed E-state index contributed by atoms with van der Waals surface area (Å²) in [4.78, 5) is 17.3. The molecule has 0 saturated carbocycles. The molecule has 1 saturated heterocycles. The number of hydrogen-bond donors (Lipinski definition) is 0. The average Bonchev–Trinajstić information content (AvgIpc) is 3.04. The highest BCUT2D eigenvalue weighted by Gasteiger charge is 2.51. The summed E-state index contributed by atoms with van der Waals surface area (Å²) in [6, 6.07) is 13.8. The van der Waals surface area contributed by atoms with E-state index in [-0.39, 0.29) is 11.5 Å². The second kappa shape index (κ2) is 7.79. The summed E-state index contributed by atoms with van der Waals surface area (Å²) in [6.45, 7) is 3.44. The quantitative estimate of drug-likeness (QED) is 0.331. The SMILES string of the molecule is COc1cccc(C2COC(C)(C)N2C(=O)C(=[N+]=[N-])S(=O)(=O)c2ccccc2)c1. The molecule has 1 amide bonds. The maximum absolute atomic E-state index is 13.3. The van der Waals surface area contributed by atoms with Crippen LogP contribution in [-0.2, 0) is 19.4 Å². The zero-order valence-corrected chi connectivity index (χ0v) is 17.1. The molecule has 0 radical (unpaired) electrons. The topological polar surface area (TPSA) is 109 Å². The second-order valence-corrected chi connectivity index (χ2v) is 8.81. The van der Waals surface area contributed by atoms with Crippen LogP contribution in [0, 0.1) is 0 Å². The molecule has 1 heterocycles. The molecule has 1 unspecified atom stereocenters. The molecule has 9 heteroatoms. The minimum atomic E-state index is -4.33. The van der Waals surface area contributed by atoms with E-state index in [1.54, 1.807) is 44.2 Å². The predicted molar refractivity (Wildman–Crippen MR) is 105 cm³/mol. The number of ether oxygens (including phenoxy) is 2.